The van der Waals surface area contributed by atoms with Crippen molar-refractivity contribution in [1.29, 1.82) is 0 Å². The van der Waals surface area contributed by atoms with Gasteiger partial charge in [0, 0.05) is 19.1 Å². The van der Waals surface area contributed by atoms with Crippen LogP contribution in [-0.4, -0.2) is 45.1 Å². The van der Waals surface area contributed by atoms with E-state index in [9.17, 15) is 8.42 Å². The van der Waals surface area contributed by atoms with Crippen LogP contribution in [0, 0.1) is 0 Å². The van der Waals surface area contributed by atoms with E-state index in [2.05, 4.69) is 5.32 Å². The summed E-state index contributed by atoms with van der Waals surface area (Å²) in [5.41, 5.74) is 0.884. The van der Waals surface area contributed by atoms with Crippen LogP contribution in [0.15, 0.2) is 23.1 Å². The molecule has 0 aromatic heterocycles. The van der Waals surface area contributed by atoms with Gasteiger partial charge in [0.2, 0.25) is 10.0 Å². The summed E-state index contributed by atoms with van der Waals surface area (Å²) in [4.78, 5) is 0.165. The van der Waals surface area contributed by atoms with E-state index in [0.29, 0.717) is 19.7 Å². The Morgan fingerprint density at radius 1 is 1.43 bits per heavy atom. The molecule has 2 rings (SSSR count). The van der Waals surface area contributed by atoms with Gasteiger partial charge in [0.1, 0.15) is 4.90 Å². The van der Waals surface area contributed by atoms with E-state index in [-0.39, 0.29) is 22.1 Å². The van der Waals surface area contributed by atoms with Crippen LogP contribution in [0.5, 0.6) is 0 Å². The Labute approximate surface area is 131 Å². The molecule has 7 heteroatoms. The molecule has 0 bridgehead atoms. The average molecular weight is 333 g/mol. The number of ether oxygens (including phenoxy) is 1. The molecule has 1 aliphatic rings. The highest BCUT2D eigenvalue weighted by atomic mass is 35.5. The lowest BCUT2D eigenvalue weighted by Crippen LogP contribution is -2.50. The Kier molecular flexibility index (Phi) is 5.27. The molecule has 0 amide bonds. The third kappa shape index (κ3) is 3.57. The summed E-state index contributed by atoms with van der Waals surface area (Å²) in [5.74, 6) is 0. The van der Waals surface area contributed by atoms with Crippen LogP contribution in [-0.2, 0) is 21.3 Å². The van der Waals surface area contributed by atoms with Crippen LogP contribution in [0.1, 0.15) is 19.4 Å². The highest BCUT2D eigenvalue weighted by molar-refractivity contribution is 7.89. The zero-order chi connectivity index (χ0) is 15.6. The van der Waals surface area contributed by atoms with Crippen LogP contribution < -0.4 is 5.32 Å². The molecule has 1 aliphatic heterocycles. The maximum Gasteiger partial charge on any atom is 0.244 e. The molecule has 5 nitrogen and oxygen atoms in total. The number of sulfonamides is 1. The van der Waals surface area contributed by atoms with E-state index in [4.69, 9.17) is 16.3 Å². The van der Waals surface area contributed by atoms with E-state index in [1.165, 1.54) is 4.31 Å². The third-order valence-corrected chi connectivity index (χ3v) is 5.98. The Balaban J connectivity index is 2.40. The molecule has 1 aromatic rings. The van der Waals surface area contributed by atoms with Crippen molar-refractivity contribution in [2.45, 2.75) is 37.4 Å². The standard InChI is InChI=1S/C14H21ClN2O3S/c1-10-9-20-11(2)8-17(10)21(18,19)14-6-12(7-16-3)4-5-13(14)15/h4-6,10-11,16H,7-9H2,1-3H3. The van der Waals surface area contributed by atoms with Gasteiger partial charge in [-0.3, -0.25) is 0 Å². The fourth-order valence-corrected chi connectivity index (χ4v) is 4.61. The SMILES string of the molecule is CNCc1ccc(Cl)c(S(=O)(=O)N2CC(C)OCC2C)c1. The molecule has 0 radical (unpaired) electrons. The van der Waals surface area contributed by atoms with E-state index < -0.39 is 10.0 Å². The smallest absolute Gasteiger partial charge is 0.244 e. The number of halogens is 1. The van der Waals surface area contributed by atoms with Gasteiger partial charge in [-0.05, 0) is 38.6 Å². The van der Waals surface area contributed by atoms with Gasteiger partial charge in [-0.1, -0.05) is 17.7 Å². The topological polar surface area (TPSA) is 58.6 Å². The normalized spacial score (nSPS) is 24.2. The maximum atomic E-state index is 12.9. The van der Waals surface area contributed by atoms with Crippen LogP contribution in [0.3, 0.4) is 0 Å². The Morgan fingerprint density at radius 3 is 2.81 bits per heavy atom. The molecule has 1 saturated heterocycles. The fraction of sp³-hybridized carbons (Fsp3) is 0.571. The summed E-state index contributed by atoms with van der Waals surface area (Å²) in [5, 5.41) is 3.26. The van der Waals surface area contributed by atoms with Crippen molar-refractivity contribution >= 4 is 21.6 Å². The summed E-state index contributed by atoms with van der Waals surface area (Å²) < 4.78 is 32.7. The molecule has 1 N–H and O–H groups in total. The highest BCUT2D eigenvalue weighted by Gasteiger charge is 2.35. The second-order valence-electron chi connectivity index (χ2n) is 5.36. The van der Waals surface area contributed by atoms with Crippen LogP contribution in [0.4, 0.5) is 0 Å². The molecular weight excluding hydrogens is 312 g/mol. The van der Waals surface area contributed by atoms with Crippen molar-refractivity contribution in [1.82, 2.24) is 9.62 Å². The van der Waals surface area contributed by atoms with Crippen molar-refractivity contribution in [2.75, 3.05) is 20.2 Å². The first-order chi connectivity index (χ1) is 9.86. The van der Waals surface area contributed by atoms with Gasteiger partial charge in [0.05, 0.1) is 17.7 Å². The zero-order valence-corrected chi connectivity index (χ0v) is 14.0. The number of hydrogen-bond acceptors (Lipinski definition) is 4. The third-order valence-electron chi connectivity index (χ3n) is 3.51. The fourth-order valence-electron chi connectivity index (χ4n) is 2.39. The lowest BCUT2D eigenvalue weighted by Gasteiger charge is -2.35. The monoisotopic (exact) mass is 332 g/mol. The first-order valence-electron chi connectivity index (χ1n) is 6.92. The van der Waals surface area contributed by atoms with Crippen LogP contribution in [0.2, 0.25) is 5.02 Å². The molecule has 0 saturated carbocycles. The molecule has 1 heterocycles. The number of hydrogen-bond donors (Lipinski definition) is 1. The molecule has 21 heavy (non-hydrogen) atoms. The summed E-state index contributed by atoms with van der Waals surface area (Å²) >= 11 is 6.13. The summed E-state index contributed by atoms with van der Waals surface area (Å²) in [6, 6.07) is 4.90. The minimum absolute atomic E-state index is 0.116. The Hall–Kier alpha value is -0.660. The molecular formula is C14H21ClN2O3S. The molecule has 0 spiro atoms. The van der Waals surface area contributed by atoms with Crippen molar-refractivity contribution in [3.05, 3.63) is 28.8 Å². The van der Waals surface area contributed by atoms with Crippen LogP contribution >= 0.6 is 11.6 Å². The van der Waals surface area contributed by atoms with Gasteiger partial charge < -0.3 is 10.1 Å². The van der Waals surface area contributed by atoms with Crippen molar-refractivity contribution in [3.63, 3.8) is 0 Å². The van der Waals surface area contributed by atoms with E-state index in [0.717, 1.165) is 5.56 Å². The van der Waals surface area contributed by atoms with Crippen molar-refractivity contribution < 1.29 is 13.2 Å². The molecule has 1 aromatic carbocycles. The van der Waals surface area contributed by atoms with Gasteiger partial charge in [-0.15, -0.1) is 0 Å². The number of nitrogens with zero attached hydrogens (tertiary/aromatic N) is 1. The minimum Gasteiger partial charge on any atom is -0.375 e. The summed E-state index contributed by atoms with van der Waals surface area (Å²) in [6.45, 7) is 5.04. The van der Waals surface area contributed by atoms with Crippen LogP contribution in [0.25, 0.3) is 0 Å². The lowest BCUT2D eigenvalue weighted by molar-refractivity contribution is -0.0170. The molecule has 2 atom stereocenters. The van der Waals surface area contributed by atoms with E-state index in [1.807, 2.05) is 27.0 Å². The zero-order valence-electron chi connectivity index (χ0n) is 12.5. The predicted molar refractivity (Wildman–Crippen MR) is 83.0 cm³/mol. The maximum absolute atomic E-state index is 12.9. The number of nitrogens with one attached hydrogen (secondary N) is 1. The Bertz CT molecular complexity index is 606. The van der Waals surface area contributed by atoms with Gasteiger partial charge in [0.15, 0.2) is 0 Å². The van der Waals surface area contributed by atoms with Gasteiger partial charge in [-0.2, -0.15) is 4.31 Å². The average Bonchev–Trinajstić information content (AvgIpc) is 2.43. The summed E-state index contributed by atoms with van der Waals surface area (Å²) in [7, 11) is -1.81. The first-order valence-corrected chi connectivity index (χ1v) is 8.74. The second kappa shape index (κ2) is 6.62. The largest absolute Gasteiger partial charge is 0.375 e. The van der Waals surface area contributed by atoms with Crippen molar-refractivity contribution in [3.8, 4) is 0 Å². The Morgan fingerprint density at radius 2 is 2.14 bits per heavy atom. The second-order valence-corrected chi connectivity index (χ2v) is 7.63. The quantitative estimate of drug-likeness (QED) is 0.914. The van der Waals surface area contributed by atoms with Gasteiger partial charge in [0.25, 0.3) is 0 Å². The molecule has 1 fully saturated rings. The number of morpholine rings is 1. The van der Waals surface area contributed by atoms with Gasteiger partial charge >= 0.3 is 0 Å². The van der Waals surface area contributed by atoms with Gasteiger partial charge in [-0.25, -0.2) is 8.42 Å². The predicted octanol–water partition coefficient (Wildman–Crippen LogP) is 1.86. The lowest BCUT2D eigenvalue weighted by atomic mass is 10.2. The molecule has 0 aliphatic carbocycles. The minimum atomic E-state index is -3.62. The molecule has 2 unspecified atom stereocenters. The highest BCUT2D eigenvalue weighted by Crippen LogP contribution is 2.28. The van der Waals surface area contributed by atoms with E-state index in [1.54, 1.807) is 12.1 Å². The number of benzene rings is 1. The van der Waals surface area contributed by atoms with Crippen molar-refractivity contribution in [2.24, 2.45) is 0 Å². The summed E-state index contributed by atoms with van der Waals surface area (Å²) in [6.07, 6.45) is -0.116. The van der Waals surface area contributed by atoms with E-state index >= 15 is 0 Å². The first kappa shape index (κ1) is 16.7. The number of rotatable bonds is 4. The molecule has 118 valence electrons.